The summed E-state index contributed by atoms with van der Waals surface area (Å²) in [6.07, 6.45) is 3.40. The fourth-order valence-corrected chi connectivity index (χ4v) is 2.36. The molecule has 1 aromatic heterocycles. The molecule has 1 atom stereocenters. The third-order valence-electron chi connectivity index (χ3n) is 3.32. The molecule has 1 N–H and O–H groups in total. The number of nitrogens with zero attached hydrogens (tertiary/aromatic N) is 2. The van der Waals surface area contributed by atoms with Gasteiger partial charge in [-0.05, 0) is 25.8 Å². The molecule has 0 fully saturated rings. The minimum absolute atomic E-state index is 0.178. The highest BCUT2D eigenvalue weighted by atomic mass is 35.5. The highest BCUT2D eigenvalue weighted by Gasteiger charge is 2.12. The number of halogens is 1. The summed E-state index contributed by atoms with van der Waals surface area (Å²) >= 11 is 6.17. The van der Waals surface area contributed by atoms with Gasteiger partial charge in [-0.15, -0.1) is 0 Å². The van der Waals surface area contributed by atoms with E-state index in [1.54, 1.807) is 0 Å². The van der Waals surface area contributed by atoms with Crippen molar-refractivity contribution in [1.29, 1.82) is 0 Å². The molecule has 106 valence electrons. The van der Waals surface area contributed by atoms with E-state index in [1.807, 2.05) is 0 Å². The molecule has 1 aromatic carbocycles. The molecule has 0 aliphatic rings. The first kappa shape index (κ1) is 14.8. The number of aryl methyl sites for hydroxylation is 1. The van der Waals surface area contributed by atoms with Crippen molar-refractivity contribution in [2.75, 3.05) is 5.32 Å². The highest BCUT2D eigenvalue weighted by Crippen LogP contribution is 2.25. The first-order valence-corrected chi connectivity index (χ1v) is 7.32. The van der Waals surface area contributed by atoms with Crippen molar-refractivity contribution < 1.29 is 0 Å². The van der Waals surface area contributed by atoms with Crippen LogP contribution in [0.2, 0.25) is 5.15 Å². The summed E-state index contributed by atoms with van der Waals surface area (Å²) in [7, 11) is 0. The van der Waals surface area contributed by atoms with Gasteiger partial charge in [-0.25, -0.2) is 9.97 Å². The molecule has 0 radical (unpaired) electrons. The molecule has 0 aliphatic carbocycles. The second kappa shape index (κ2) is 6.71. The van der Waals surface area contributed by atoms with Gasteiger partial charge < -0.3 is 5.32 Å². The molecule has 0 amide bonds. The van der Waals surface area contributed by atoms with Gasteiger partial charge in [-0.1, -0.05) is 54.8 Å². The molecule has 20 heavy (non-hydrogen) atoms. The average molecular weight is 290 g/mol. The summed E-state index contributed by atoms with van der Waals surface area (Å²) in [5.41, 5.74) is 3.49. The normalized spacial score (nSPS) is 12.2. The lowest BCUT2D eigenvalue weighted by molar-refractivity contribution is 0.846. The first-order chi connectivity index (χ1) is 9.61. The molecule has 2 rings (SSSR count). The van der Waals surface area contributed by atoms with Crippen LogP contribution >= 0.6 is 11.6 Å². The standard InChI is InChI=1S/C16H20ClN3/c1-4-5-14-15(17)18-10-19-16(14)20-12(3)13-8-6-11(2)7-9-13/h6-10,12H,4-5H2,1-3H3,(H,18,19,20). The Labute approximate surface area is 125 Å². The van der Waals surface area contributed by atoms with Crippen molar-refractivity contribution in [2.24, 2.45) is 0 Å². The molecular weight excluding hydrogens is 270 g/mol. The fourth-order valence-electron chi connectivity index (χ4n) is 2.13. The van der Waals surface area contributed by atoms with Crippen LogP contribution in [-0.2, 0) is 6.42 Å². The summed E-state index contributed by atoms with van der Waals surface area (Å²) in [4.78, 5) is 8.40. The Kier molecular flexibility index (Phi) is 4.96. The van der Waals surface area contributed by atoms with E-state index in [-0.39, 0.29) is 6.04 Å². The van der Waals surface area contributed by atoms with E-state index in [0.717, 1.165) is 24.2 Å². The van der Waals surface area contributed by atoms with Gasteiger partial charge in [0.05, 0.1) is 0 Å². The van der Waals surface area contributed by atoms with Crippen molar-refractivity contribution in [2.45, 2.75) is 39.7 Å². The molecule has 0 bridgehead atoms. The van der Waals surface area contributed by atoms with Gasteiger partial charge in [0.1, 0.15) is 17.3 Å². The molecule has 0 saturated heterocycles. The zero-order valence-corrected chi connectivity index (χ0v) is 12.9. The molecule has 4 heteroatoms. The Morgan fingerprint density at radius 3 is 2.55 bits per heavy atom. The van der Waals surface area contributed by atoms with E-state index in [9.17, 15) is 0 Å². The molecule has 1 unspecified atom stereocenters. The van der Waals surface area contributed by atoms with Crippen LogP contribution in [0.3, 0.4) is 0 Å². The summed E-state index contributed by atoms with van der Waals surface area (Å²) in [6.45, 7) is 6.33. The average Bonchev–Trinajstić information content (AvgIpc) is 2.43. The maximum Gasteiger partial charge on any atom is 0.137 e. The van der Waals surface area contributed by atoms with Crippen LogP contribution in [0.4, 0.5) is 5.82 Å². The highest BCUT2D eigenvalue weighted by molar-refractivity contribution is 6.30. The fraction of sp³-hybridized carbons (Fsp3) is 0.375. The third-order valence-corrected chi connectivity index (χ3v) is 3.65. The van der Waals surface area contributed by atoms with E-state index in [1.165, 1.54) is 17.5 Å². The Bertz CT molecular complexity index is 566. The Morgan fingerprint density at radius 2 is 1.90 bits per heavy atom. The summed E-state index contributed by atoms with van der Waals surface area (Å²) in [6, 6.07) is 8.68. The predicted molar refractivity (Wildman–Crippen MR) is 84.3 cm³/mol. The minimum Gasteiger partial charge on any atom is -0.363 e. The predicted octanol–water partition coefficient (Wildman–Crippen LogP) is 4.56. The minimum atomic E-state index is 0.178. The second-order valence-corrected chi connectivity index (χ2v) is 5.38. The number of anilines is 1. The van der Waals surface area contributed by atoms with Crippen molar-refractivity contribution in [3.63, 3.8) is 0 Å². The van der Waals surface area contributed by atoms with E-state index >= 15 is 0 Å². The lowest BCUT2D eigenvalue weighted by atomic mass is 10.1. The van der Waals surface area contributed by atoms with Crippen LogP contribution in [0.1, 0.15) is 43.0 Å². The van der Waals surface area contributed by atoms with Crippen molar-refractivity contribution in [1.82, 2.24) is 9.97 Å². The van der Waals surface area contributed by atoms with Crippen LogP contribution in [0.15, 0.2) is 30.6 Å². The Hall–Kier alpha value is -1.61. The van der Waals surface area contributed by atoms with Gasteiger partial charge in [-0.2, -0.15) is 0 Å². The number of hydrogen-bond acceptors (Lipinski definition) is 3. The lowest BCUT2D eigenvalue weighted by Crippen LogP contribution is -2.11. The summed E-state index contributed by atoms with van der Waals surface area (Å²) in [5.74, 6) is 0.833. The van der Waals surface area contributed by atoms with E-state index in [4.69, 9.17) is 11.6 Å². The smallest absolute Gasteiger partial charge is 0.137 e. The topological polar surface area (TPSA) is 37.8 Å². The third kappa shape index (κ3) is 3.48. The lowest BCUT2D eigenvalue weighted by Gasteiger charge is -2.18. The zero-order valence-electron chi connectivity index (χ0n) is 12.2. The number of aromatic nitrogens is 2. The van der Waals surface area contributed by atoms with Crippen LogP contribution < -0.4 is 5.32 Å². The number of nitrogens with one attached hydrogen (secondary N) is 1. The van der Waals surface area contributed by atoms with Crippen molar-refractivity contribution in [3.8, 4) is 0 Å². The molecule has 1 heterocycles. The first-order valence-electron chi connectivity index (χ1n) is 6.94. The Morgan fingerprint density at radius 1 is 1.20 bits per heavy atom. The van der Waals surface area contributed by atoms with Gasteiger partial charge in [0.15, 0.2) is 0 Å². The maximum absolute atomic E-state index is 6.17. The zero-order chi connectivity index (χ0) is 14.5. The molecule has 0 saturated carbocycles. The molecule has 0 spiro atoms. The number of hydrogen-bond donors (Lipinski definition) is 1. The summed E-state index contributed by atoms with van der Waals surface area (Å²) in [5, 5.41) is 3.98. The molecule has 3 nitrogen and oxygen atoms in total. The van der Waals surface area contributed by atoms with Gasteiger partial charge in [0.25, 0.3) is 0 Å². The monoisotopic (exact) mass is 289 g/mol. The molecule has 2 aromatic rings. The van der Waals surface area contributed by atoms with Crippen LogP contribution in [0, 0.1) is 6.92 Å². The largest absolute Gasteiger partial charge is 0.363 e. The second-order valence-electron chi connectivity index (χ2n) is 5.02. The molecule has 0 aliphatic heterocycles. The van der Waals surface area contributed by atoms with Crippen molar-refractivity contribution >= 4 is 17.4 Å². The molecular formula is C16H20ClN3. The number of benzene rings is 1. The van der Waals surface area contributed by atoms with E-state index in [2.05, 4.69) is 60.3 Å². The van der Waals surface area contributed by atoms with Gasteiger partial charge in [0, 0.05) is 11.6 Å². The van der Waals surface area contributed by atoms with Crippen LogP contribution in [-0.4, -0.2) is 9.97 Å². The summed E-state index contributed by atoms with van der Waals surface area (Å²) < 4.78 is 0. The van der Waals surface area contributed by atoms with Gasteiger partial charge in [-0.3, -0.25) is 0 Å². The van der Waals surface area contributed by atoms with Crippen molar-refractivity contribution in [3.05, 3.63) is 52.4 Å². The SMILES string of the molecule is CCCc1c(Cl)ncnc1NC(C)c1ccc(C)cc1. The van der Waals surface area contributed by atoms with E-state index < -0.39 is 0 Å². The van der Waals surface area contributed by atoms with Gasteiger partial charge in [0.2, 0.25) is 0 Å². The Balaban J connectivity index is 2.21. The van der Waals surface area contributed by atoms with Gasteiger partial charge >= 0.3 is 0 Å². The quantitative estimate of drug-likeness (QED) is 0.820. The van der Waals surface area contributed by atoms with Crippen LogP contribution in [0.25, 0.3) is 0 Å². The maximum atomic E-state index is 6.17. The van der Waals surface area contributed by atoms with E-state index in [0.29, 0.717) is 5.15 Å². The number of rotatable bonds is 5. The van der Waals surface area contributed by atoms with Crippen LogP contribution in [0.5, 0.6) is 0 Å².